The van der Waals surface area contributed by atoms with Gasteiger partial charge in [0.1, 0.15) is 11.5 Å². The third kappa shape index (κ3) is 5.71. The van der Waals surface area contributed by atoms with E-state index in [9.17, 15) is 9.59 Å². The summed E-state index contributed by atoms with van der Waals surface area (Å²) in [6.07, 6.45) is 1.39. The molecule has 8 heteroatoms. The van der Waals surface area contributed by atoms with E-state index in [-0.39, 0.29) is 24.6 Å². The van der Waals surface area contributed by atoms with Crippen LogP contribution in [0.25, 0.3) is 11.3 Å². The van der Waals surface area contributed by atoms with Crippen LogP contribution in [0.5, 0.6) is 0 Å². The van der Waals surface area contributed by atoms with Crippen LogP contribution in [0, 0.1) is 0 Å². The van der Waals surface area contributed by atoms with Crippen molar-refractivity contribution < 1.29 is 18.7 Å². The van der Waals surface area contributed by atoms with Crippen molar-refractivity contribution in [2.75, 3.05) is 18.5 Å². The molecule has 1 amide bonds. The number of hydrogen-bond acceptors (Lipinski definition) is 6. The molecule has 2 N–H and O–H groups in total. The molecule has 1 heterocycles. The van der Waals surface area contributed by atoms with Gasteiger partial charge in [-0.25, -0.2) is 10.2 Å². The highest BCUT2D eigenvalue weighted by molar-refractivity contribution is 6.33. The quantitative estimate of drug-likeness (QED) is 0.318. The lowest BCUT2D eigenvalue weighted by molar-refractivity contribution is -0.119. The Kier molecular flexibility index (Phi) is 7.24. The van der Waals surface area contributed by atoms with E-state index in [2.05, 4.69) is 15.8 Å². The summed E-state index contributed by atoms with van der Waals surface area (Å²) in [6.45, 7) is 2.07. The van der Waals surface area contributed by atoms with Crippen molar-refractivity contribution in [2.45, 2.75) is 6.92 Å². The average Bonchev–Trinajstić information content (AvgIpc) is 3.22. The van der Waals surface area contributed by atoms with Crippen LogP contribution < -0.4 is 10.7 Å². The fourth-order valence-corrected chi connectivity index (χ4v) is 2.76. The third-order valence-electron chi connectivity index (χ3n) is 3.98. The average molecular weight is 426 g/mol. The Bertz CT molecular complexity index is 1050. The fraction of sp³-hybridized carbons (Fsp3) is 0.136. The van der Waals surface area contributed by atoms with Crippen LogP contribution in [-0.2, 0) is 9.53 Å². The number of nitrogens with zero attached hydrogens (tertiary/aromatic N) is 1. The third-order valence-corrected chi connectivity index (χ3v) is 4.31. The molecule has 3 rings (SSSR count). The number of halogens is 1. The molecule has 154 valence electrons. The Morgan fingerprint density at radius 3 is 2.70 bits per heavy atom. The van der Waals surface area contributed by atoms with Gasteiger partial charge < -0.3 is 14.5 Å². The molecule has 3 aromatic rings. The van der Waals surface area contributed by atoms with Crippen LogP contribution in [-0.4, -0.2) is 31.2 Å². The number of amides is 1. The van der Waals surface area contributed by atoms with E-state index in [0.29, 0.717) is 22.1 Å². The Morgan fingerprint density at radius 1 is 1.13 bits per heavy atom. The van der Waals surface area contributed by atoms with Crippen molar-refractivity contribution in [1.82, 2.24) is 5.43 Å². The van der Waals surface area contributed by atoms with E-state index in [0.717, 1.165) is 5.69 Å². The summed E-state index contributed by atoms with van der Waals surface area (Å²) < 4.78 is 10.7. The summed E-state index contributed by atoms with van der Waals surface area (Å²) in [5.41, 5.74) is 4.20. The topological polar surface area (TPSA) is 92.9 Å². The van der Waals surface area contributed by atoms with E-state index in [1.807, 2.05) is 30.3 Å². The number of benzene rings is 2. The van der Waals surface area contributed by atoms with Gasteiger partial charge in [-0.2, -0.15) is 5.10 Å². The number of hydrazone groups is 1. The summed E-state index contributed by atoms with van der Waals surface area (Å²) in [7, 11) is 0. The number of hydrogen-bond donors (Lipinski definition) is 2. The Morgan fingerprint density at radius 2 is 1.93 bits per heavy atom. The van der Waals surface area contributed by atoms with Gasteiger partial charge in [0, 0.05) is 11.3 Å². The SMILES string of the molecule is CCOC(=O)c1cc(-c2ccc(/C=N\NC(=O)CNc3ccccc3)o2)ccc1Cl. The Labute approximate surface area is 178 Å². The highest BCUT2D eigenvalue weighted by atomic mass is 35.5. The first kappa shape index (κ1) is 21.1. The van der Waals surface area contributed by atoms with Crippen LogP contribution >= 0.6 is 11.6 Å². The molecule has 7 nitrogen and oxygen atoms in total. The summed E-state index contributed by atoms with van der Waals surface area (Å²) in [6, 6.07) is 17.8. The number of ether oxygens (including phenoxy) is 1. The zero-order chi connectivity index (χ0) is 21.3. The van der Waals surface area contributed by atoms with E-state index in [4.69, 9.17) is 20.8 Å². The Balaban J connectivity index is 1.59. The number of carbonyl (C=O) groups is 2. The lowest BCUT2D eigenvalue weighted by Gasteiger charge is -2.06. The van der Waals surface area contributed by atoms with Gasteiger partial charge in [0.15, 0.2) is 0 Å². The highest BCUT2D eigenvalue weighted by Crippen LogP contribution is 2.27. The van der Waals surface area contributed by atoms with Gasteiger partial charge in [-0.1, -0.05) is 29.8 Å². The molecule has 0 bridgehead atoms. The summed E-state index contributed by atoms with van der Waals surface area (Å²) in [4.78, 5) is 23.8. The standard InChI is InChI=1S/C22H20ClN3O4/c1-2-29-22(28)18-12-15(8-10-19(18)23)20-11-9-17(30-20)13-25-26-21(27)14-24-16-6-4-3-5-7-16/h3-13,24H,2,14H2,1H3,(H,26,27)/b25-13-. The second-order valence-electron chi connectivity index (χ2n) is 6.13. The van der Waals surface area contributed by atoms with Gasteiger partial charge in [-0.15, -0.1) is 0 Å². The predicted octanol–water partition coefficient (Wildman–Crippen LogP) is 4.34. The molecule has 0 spiro atoms. The van der Waals surface area contributed by atoms with Crippen molar-refractivity contribution >= 4 is 35.4 Å². The van der Waals surface area contributed by atoms with Gasteiger partial charge >= 0.3 is 5.97 Å². The van der Waals surface area contributed by atoms with Crippen molar-refractivity contribution in [3.8, 4) is 11.3 Å². The van der Waals surface area contributed by atoms with Gasteiger partial charge in [-0.05, 0) is 49.4 Å². The van der Waals surface area contributed by atoms with Gasteiger partial charge in [0.05, 0.1) is 30.0 Å². The van der Waals surface area contributed by atoms with Crippen LogP contribution in [0.4, 0.5) is 5.69 Å². The number of anilines is 1. The lowest BCUT2D eigenvalue weighted by atomic mass is 10.1. The number of rotatable bonds is 8. The largest absolute Gasteiger partial charge is 0.462 e. The first-order valence-electron chi connectivity index (χ1n) is 9.24. The molecule has 0 aliphatic heterocycles. The van der Waals surface area contributed by atoms with Crippen molar-refractivity contribution in [3.63, 3.8) is 0 Å². The molecule has 0 atom stereocenters. The van der Waals surface area contributed by atoms with E-state index in [1.165, 1.54) is 6.21 Å². The van der Waals surface area contributed by atoms with Crippen LogP contribution in [0.3, 0.4) is 0 Å². The maximum Gasteiger partial charge on any atom is 0.339 e. The van der Waals surface area contributed by atoms with Gasteiger partial charge in [-0.3, -0.25) is 4.79 Å². The first-order chi connectivity index (χ1) is 14.6. The zero-order valence-corrected chi connectivity index (χ0v) is 17.0. The number of para-hydroxylation sites is 1. The molecule has 30 heavy (non-hydrogen) atoms. The highest BCUT2D eigenvalue weighted by Gasteiger charge is 2.14. The molecular formula is C22H20ClN3O4. The number of nitrogens with one attached hydrogen (secondary N) is 2. The summed E-state index contributed by atoms with van der Waals surface area (Å²) >= 11 is 6.08. The minimum atomic E-state index is -0.496. The molecule has 0 saturated carbocycles. The number of esters is 1. The van der Waals surface area contributed by atoms with E-state index >= 15 is 0 Å². The van der Waals surface area contributed by atoms with E-state index < -0.39 is 5.97 Å². The molecule has 0 aliphatic carbocycles. The van der Waals surface area contributed by atoms with Gasteiger partial charge in [0.2, 0.25) is 0 Å². The van der Waals surface area contributed by atoms with Crippen molar-refractivity contribution in [1.29, 1.82) is 0 Å². The summed E-state index contributed by atoms with van der Waals surface area (Å²) in [5.74, 6) is 0.174. The minimum absolute atomic E-state index is 0.0895. The number of furan rings is 1. The minimum Gasteiger partial charge on any atom is -0.462 e. The fourth-order valence-electron chi connectivity index (χ4n) is 2.57. The van der Waals surface area contributed by atoms with Gasteiger partial charge in [0.25, 0.3) is 5.91 Å². The Hall–Kier alpha value is -3.58. The normalized spacial score (nSPS) is 10.7. The molecule has 0 fully saturated rings. The molecular weight excluding hydrogens is 406 g/mol. The molecule has 0 aliphatic rings. The lowest BCUT2D eigenvalue weighted by Crippen LogP contribution is -2.25. The molecule has 2 aromatic carbocycles. The summed E-state index contributed by atoms with van der Waals surface area (Å²) in [5, 5.41) is 7.18. The molecule has 0 unspecified atom stereocenters. The predicted molar refractivity (Wildman–Crippen MR) is 116 cm³/mol. The van der Waals surface area contributed by atoms with Crippen LogP contribution in [0.2, 0.25) is 5.02 Å². The second-order valence-corrected chi connectivity index (χ2v) is 6.54. The van der Waals surface area contributed by atoms with Crippen molar-refractivity contribution in [2.24, 2.45) is 5.10 Å². The monoisotopic (exact) mass is 425 g/mol. The van der Waals surface area contributed by atoms with Crippen LogP contribution in [0.15, 0.2) is 70.2 Å². The molecule has 1 aromatic heterocycles. The van der Waals surface area contributed by atoms with Crippen molar-refractivity contribution in [3.05, 3.63) is 77.0 Å². The maximum absolute atomic E-state index is 12.0. The van der Waals surface area contributed by atoms with Crippen LogP contribution in [0.1, 0.15) is 23.0 Å². The molecule has 0 saturated heterocycles. The first-order valence-corrected chi connectivity index (χ1v) is 9.62. The smallest absolute Gasteiger partial charge is 0.339 e. The zero-order valence-electron chi connectivity index (χ0n) is 16.2. The maximum atomic E-state index is 12.0. The van der Waals surface area contributed by atoms with E-state index in [1.54, 1.807) is 37.3 Å². The second kappa shape index (κ2) is 10.3. The number of carbonyl (C=O) groups excluding carboxylic acids is 2. The molecule has 0 radical (unpaired) electrons.